The van der Waals surface area contributed by atoms with Gasteiger partial charge in [0.1, 0.15) is 0 Å². The van der Waals surface area contributed by atoms with Crippen molar-refractivity contribution in [1.29, 1.82) is 0 Å². The number of carbonyl (C=O) groups excluding carboxylic acids is 1. The van der Waals surface area contributed by atoms with Crippen molar-refractivity contribution in [3.63, 3.8) is 0 Å². The maximum Gasteiger partial charge on any atom is 0.251 e. The van der Waals surface area contributed by atoms with Crippen molar-refractivity contribution < 1.29 is 9.90 Å². The smallest absolute Gasteiger partial charge is 0.251 e. The number of aliphatic hydroxyl groups excluding tert-OH is 1. The van der Waals surface area contributed by atoms with E-state index in [9.17, 15) is 9.90 Å². The Kier molecular flexibility index (Phi) is 7.65. The number of nitrogens with zero attached hydrogens (tertiary/aromatic N) is 2. The Hall–Kier alpha value is -2.86. The Balaban J connectivity index is 1.48. The number of rotatable bonds is 8. The van der Waals surface area contributed by atoms with Crippen LogP contribution in [0, 0.1) is 0 Å². The van der Waals surface area contributed by atoms with Gasteiger partial charge in [-0.05, 0) is 41.8 Å². The van der Waals surface area contributed by atoms with Gasteiger partial charge in [0, 0.05) is 49.5 Å². The molecule has 4 rings (SSSR count). The van der Waals surface area contributed by atoms with E-state index >= 15 is 0 Å². The van der Waals surface area contributed by atoms with Crippen molar-refractivity contribution >= 4 is 23.2 Å². The molecule has 1 amide bonds. The maximum atomic E-state index is 12.4. The van der Waals surface area contributed by atoms with E-state index in [1.165, 1.54) is 5.56 Å². The largest absolute Gasteiger partial charge is 0.392 e. The Morgan fingerprint density at radius 3 is 2.45 bits per heavy atom. The summed E-state index contributed by atoms with van der Waals surface area (Å²) in [7, 11) is 2.08. The fourth-order valence-electron chi connectivity index (χ4n) is 4.30. The standard InChI is InChI=1S/C27H30ClN3O2/c1-30(26(20-8-4-2-5-9-20)19-31-15-14-24(32)18-31)23-13-12-22(25(28)16-23)17-29-27(33)21-10-6-3-7-11-21/h2-13,16,24,26,32H,14-15,17-19H2,1H3,(H,29,33)/t24-,26+/m0/s1. The number of nitrogens with one attached hydrogen (secondary N) is 1. The number of anilines is 1. The van der Waals surface area contributed by atoms with Gasteiger partial charge in [0.2, 0.25) is 0 Å². The Labute approximate surface area is 200 Å². The second-order valence-electron chi connectivity index (χ2n) is 8.56. The van der Waals surface area contributed by atoms with Crippen LogP contribution in [0.1, 0.15) is 33.9 Å². The maximum absolute atomic E-state index is 12.4. The number of benzene rings is 3. The van der Waals surface area contributed by atoms with E-state index < -0.39 is 0 Å². The molecule has 0 spiro atoms. The summed E-state index contributed by atoms with van der Waals surface area (Å²) >= 11 is 6.62. The molecule has 1 saturated heterocycles. The van der Waals surface area contributed by atoms with Crippen molar-refractivity contribution in [3.05, 3.63) is 101 Å². The quantitative estimate of drug-likeness (QED) is 0.516. The number of carbonyl (C=O) groups is 1. The highest BCUT2D eigenvalue weighted by Gasteiger charge is 2.26. The van der Waals surface area contributed by atoms with Crippen LogP contribution in [-0.4, -0.2) is 48.7 Å². The molecule has 1 aliphatic heterocycles. The van der Waals surface area contributed by atoms with E-state index in [1.807, 2.05) is 42.5 Å². The van der Waals surface area contributed by atoms with E-state index in [0.29, 0.717) is 23.7 Å². The third kappa shape index (κ3) is 5.93. The molecular weight excluding hydrogens is 434 g/mol. The molecule has 1 fully saturated rings. The monoisotopic (exact) mass is 463 g/mol. The van der Waals surface area contributed by atoms with E-state index in [2.05, 4.69) is 46.4 Å². The first-order valence-electron chi connectivity index (χ1n) is 11.3. The summed E-state index contributed by atoms with van der Waals surface area (Å²) in [5.41, 5.74) is 3.73. The molecule has 2 N–H and O–H groups in total. The molecule has 3 aromatic rings. The first-order valence-corrected chi connectivity index (χ1v) is 11.7. The van der Waals surface area contributed by atoms with Gasteiger partial charge in [0.25, 0.3) is 5.91 Å². The zero-order chi connectivity index (χ0) is 23.2. The lowest BCUT2D eigenvalue weighted by Gasteiger charge is -2.34. The summed E-state index contributed by atoms with van der Waals surface area (Å²) in [6, 6.07) is 25.7. The summed E-state index contributed by atoms with van der Waals surface area (Å²) in [6.45, 7) is 2.80. The van der Waals surface area contributed by atoms with Crippen LogP contribution in [0.25, 0.3) is 0 Å². The first-order chi connectivity index (χ1) is 16.0. The molecule has 0 unspecified atom stereocenters. The van der Waals surface area contributed by atoms with Crippen molar-refractivity contribution in [1.82, 2.24) is 10.2 Å². The van der Waals surface area contributed by atoms with Gasteiger partial charge in [0.05, 0.1) is 12.1 Å². The van der Waals surface area contributed by atoms with Crippen LogP contribution in [0.5, 0.6) is 0 Å². The van der Waals surface area contributed by atoms with Crippen LogP contribution in [0.3, 0.4) is 0 Å². The highest BCUT2D eigenvalue weighted by molar-refractivity contribution is 6.31. The second-order valence-corrected chi connectivity index (χ2v) is 8.97. The van der Waals surface area contributed by atoms with Crippen LogP contribution in [-0.2, 0) is 6.54 Å². The van der Waals surface area contributed by atoms with Gasteiger partial charge in [-0.2, -0.15) is 0 Å². The Morgan fingerprint density at radius 1 is 1.12 bits per heavy atom. The van der Waals surface area contributed by atoms with E-state index in [0.717, 1.165) is 30.8 Å². The van der Waals surface area contributed by atoms with E-state index in [1.54, 1.807) is 12.1 Å². The molecule has 33 heavy (non-hydrogen) atoms. The Bertz CT molecular complexity index is 1060. The van der Waals surface area contributed by atoms with Crippen LogP contribution in [0.2, 0.25) is 5.02 Å². The predicted octanol–water partition coefficient (Wildman–Crippen LogP) is 4.51. The molecule has 3 aromatic carbocycles. The molecule has 0 aliphatic carbocycles. The fourth-order valence-corrected chi connectivity index (χ4v) is 4.54. The molecule has 1 aliphatic rings. The zero-order valence-corrected chi connectivity index (χ0v) is 19.6. The fraction of sp³-hybridized carbons (Fsp3) is 0.296. The summed E-state index contributed by atoms with van der Waals surface area (Å²) < 4.78 is 0. The second kappa shape index (κ2) is 10.8. The SMILES string of the molecule is CN(c1ccc(CNC(=O)c2ccccc2)c(Cl)c1)[C@H](CN1CC[C@H](O)C1)c1ccccc1. The lowest BCUT2D eigenvalue weighted by molar-refractivity contribution is 0.0951. The minimum atomic E-state index is -0.244. The summed E-state index contributed by atoms with van der Waals surface area (Å²) in [4.78, 5) is 16.9. The average Bonchev–Trinajstić information content (AvgIpc) is 3.27. The minimum Gasteiger partial charge on any atom is -0.392 e. The normalized spacial score (nSPS) is 17.0. The number of halogens is 1. The third-order valence-electron chi connectivity index (χ3n) is 6.25. The Morgan fingerprint density at radius 2 is 1.82 bits per heavy atom. The van der Waals surface area contributed by atoms with Gasteiger partial charge < -0.3 is 15.3 Å². The molecular formula is C27H30ClN3O2. The summed E-state index contributed by atoms with van der Waals surface area (Å²) in [6.07, 6.45) is 0.576. The van der Waals surface area contributed by atoms with Crippen LogP contribution in [0.4, 0.5) is 5.69 Å². The highest BCUT2D eigenvalue weighted by atomic mass is 35.5. The van der Waals surface area contributed by atoms with Gasteiger partial charge in [-0.3, -0.25) is 9.69 Å². The van der Waals surface area contributed by atoms with Gasteiger partial charge >= 0.3 is 0 Å². The molecule has 0 saturated carbocycles. The molecule has 0 aromatic heterocycles. The van der Waals surface area contributed by atoms with Crippen molar-refractivity contribution in [2.45, 2.75) is 25.1 Å². The lowest BCUT2D eigenvalue weighted by atomic mass is 10.0. The number of amides is 1. The lowest BCUT2D eigenvalue weighted by Crippen LogP contribution is -2.36. The first kappa shape index (κ1) is 23.3. The number of aliphatic hydroxyl groups is 1. The van der Waals surface area contributed by atoms with Gasteiger partial charge in [-0.25, -0.2) is 0 Å². The van der Waals surface area contributed by atoms with Crippen molar-refractivity contribution in [3.8, 4) is 0 Å². The average molecular weight is 464 g/mol. The summed E-state index contributed by atoms with van der Waals surface area (Å²) in [5.74, 6) is -0.121. The molecule has 172 valence electrons. The number of β-amino-alcohol motifs (C(OH)–C–C–N with tert-alkyl or cyclic N) is 1. The number of hydrogen-bond donors (Lipinski definition) is 2. The van der Waals surface area contributed by atoms with Crippen LogP contribution < -0.4 is 10.2 Å². The third-order valence-corrected chi connectivity index (χ3v) is 6.60. The molecule has 5 nitrogen and oxygen atoms in total. The molecule has 6 heteroatoms. The van der Waals surface area contributed by atoms with Gasteiger partial charge in [-0.15, -0.1) is 0 Å². The molecule has 2 atom stereocenters. The summed E-state index contributed by atoms with van der Waals surface area (Å²) in [5, 5.41) is 13.5. The minimum absolute atomic E-state index is 0.121. The van der Waals surface area contributed by atoms with E-state index in [4.69, 9.17) is 11.6 Å². The van der Waals surface area contributed by atoms with Crippen molar-refractivity contribution in [2.24, 2.45) is 0 Å². The zero-order valence-electron chi connectivity index (χ0n) is 18.8. The predicted molar refractivity (Wildman–Crippen MR) is 134 cm³/mol. The van der Waals surface area contributed by atoms with Crippen molar-refractivity contribution in [2.75, 3.05) is 31.6 Å². The topological polar surface area (TPSA) is 55.8 Å². The number of likely N-dealkylation sites (N-methyl/N-ethyl adjacent to an activating group) is 1. The van der Waals surface area contributed by atoms with Crippen LogP contribution in [0.15, 0.2) is 78.9 Å². The molecule has 0 bridgehead atoms. The van der Waals surface area contributed by atoms with Gasteiger partial charge in [0.15, 0.2) is 0 Å². The van der Waals surface area contributed by atoms with E-state index in [-0.39, 0.29) is 18.1 Å². The highest BCUT2D eigenvalue weighted by Crippen LogP contribution is 2.31. The van der Waals surface area contributed by atoms with Crippen LogP contribution >= 0.6 is 11.6 Å². The number of hydrogen-bond acceptors (Lipinski definition) is 4. The molecule has 0 radical (unpaired) electrons. The molecule has 1 heterocycles. The van der Waals surface area contributed by atoms with Gasteiger partial charge in [-0.1, -0.05) is 66.2 Å². The number of likely N-dealkylation sites (tertiary alicyclic amines) is 1.